The Bertz CT molecular complexity index is 952. The van der Waals surface area contributed by atoms with Crippen molar-refractivity contribution in [1.82, 2.24) is 19.8 Å². The topological polar surface area (TPSA) is 49.3 Å². The highest BCUT2D eigenvalue weighted by molar-refractivity contribution is 8.00. The van der Waals surface area contributed by atoms with Crippen molar-refractivity contribution in [2.24, 2.45) is 0 Å². The smallest absolute Gasteiger partial charge is 0.254 e. The molecule has 3 aromatic rings. The third-order valence-electron chi connectivity index (χ3n) is 5.01. The Labute approximate surface area is 179 Å². The molecule has 3 heterocycles. The van der Waals surface area contributed by atoms with Gasteiger partial charge in [-0.05, 0) is 36.2 Å². The third-order valence-corrected chi connectivity index (χ3v) is 7.20. The molecule has 0 N–H and O–H groups in total. The summed E-state index contributed by atoms with van der Waals surface area (Å²) >= 11 is 3.36. The summed E-state index contributed by atoms with van der Waals surface area (Å²) in [7, 11) is 0. The van der Waals surface area contributed by atoms with Gasteiger partial charge in [-0.3, -0.25) is 14.7 Å². The van der Waals surface area contributed by atoms with Crippen LogP contribution in [0.3, 0.4) is 0 Å². The lowest BCUT2D eigenvalue weighted by Crippen LogP contribution is -2.48. The van der Waals surface area contributed by atoms with Gasteiger partial charge >= 0.3 is 0 Å². The first kappa shape index (κ1) is 20.1. The predicted octanol–water partition coefficient (Wildman–Crippen LogP) is 4.10. The van der Waals surface area contributed by atoms with E-state index in [1.807, 2.05) is 42.4 Å². The number of pyridine rings is 1. The number of hydrogen-bond acceptors (Lipinski definition) is 6. The first-order chi connectivity index (χ1) is 14.2. The third kappa shape index (κ3) is 5.23. The molecule has 0 unspecified atom stereocenters. The number of carbonyl (C=O) groups is 1. The van der Waals surface area contributed by atoms with Gasteiger partial charge in [-0.2, -0.15) is 0 Å². The van der Waals surface area contributed by atoms with Gasteiger partial charge in [-0.1, -0.05) is 30.0 Å². The molecule has 1 aliphatic rings. The van der Waals surface area contributed by atoms with Crippen LogP contribution in [0.15, 0.2) is 58.5 Å². The van der Waals surface area contributed by atoms with Crippen molar-refractivity contribution in [2.75, 3.05) is 26.2 Å². The standard InChI is InChI=1S/C22H24N4OS2/c1-17-15-28-22(24-17)29-16-19-4-2-3-5-20(19)21(27)26-12-10-25(11-13-26)14-18-6-8-23-9-7-18/h2-9,15H,10-14,16H2,1H3. The zero-order chi connectivity index (χ0) is 20.1. The van der Waals surface area contributed by atoms with E-state index in [1.54, 1.807) is 23.1 Å². The summed E-state index contributed by atoms with van der Waals surface area (Å²) in [6.45, 7) is 6.22. The van der Waals surface area contributed by atoms with Crippen molar-refractivity contribution in [3.63, 3.8) is 0 Å². The lowest BCUT2D eigenvalue weighted by Gasteiger charge is -2.35. The number of hydrogen-bond donors (Lipinski definition) is 0. The molecule has 0 atom stereocenters. The Hall–Kier alpha value is -2.22. The summed E-state index contributed by atoms with van der Waals surface area (Å²) < 4.78 is 1.05. The average molecular weight is 425 g/mol. The lowest BCUT2D eigenvalue weighted by atomic mass is 10.1. The highest BCUT2D eigenvalue weighted by atomic mass is 32.2. The monoisotopic (exact) mass is 424 g/mol. The lowest BCUT2D eigenvalue weighted by molar-refractivity contribution is 0.0627. The molecule has 5 nitrogen and oxygen atoms in total. The van der Waals surface area contributed by atoms with E-state index in [1.165, 1.54) is 5.56 Å². The minimum Gasteiger partial charge on any atom is -0.336 e. The fourth-order valence-corrected chi connectivity index (χ4v) is 5.27. The van der Waals surface area contributed by atoms with E-state index in [0.717, 1.165) is 59.6 Å². The largest absolute Gasteiger partial charge is 0.336 e. The zero-order valence-electron chi connectivity index (χ0n) is 16.5. The SMILES string of the molecule is Cc1csc(SCc2ccccc2C(=O)N2CCN(Cc3ccncc3)CC2)n1. The highest BCUT2D eigenvalue weighted by Gasteiger charge is 2.23. The van der Waals surface area contributed by atoms with E-state index in [0.29, 0.717) is 0 Å². The zero-order valence-corrected chi connectivity index (χ0v) is 18.1. The predicted molar refractivity (Wildman–Crippen MR) is 118 cm³/mol. The molecule has 1 saturated heterocycles. The second-order valence-electron chi connectivity index (χ2n) is 7.12. The Morgan fingerprint density at radius 1 is 1.10 bits per heavy atom. The molecule has 1 amide bonds. The van der Waals surface area contributed by atoms with Crippen molar-refractivity contribution in [3.8, 4) is 0 Å². The normalized spacial score (nSPS) is 14.9. The molecule has 4 rings (SSSR count). The minimum absolute atomic E-state index is 0.139. The van der Waals surface area contributed by atoms with Crippen LogP contribution in [-0.2, 0) is 12.3 Å². The first-order valence-corrected chi connectivity index (χ1v) is 11.6. The van der Waals surface area contributed by atoms with E-state index in [-0.39, 0.29) is 5.91 Å². The van der Waals surface area contributed by atoms with Gasteiger partial charge in [0.2, 0.25) is 0 Å². The number of rotatable bonds is 6. The van der Waals surface area contributed by atoms with Crippen LogP contribution in [0.25, 0.3) is 0 Å². The maximum atomic E-state index is 13.2. The summed E-state index contributed by atoms with van der Waals surface area (Å²) in [5.41, 5.74) is 4.21. The Morgan fingerprint density at radius 2 is 1.86 bits per heavy atom. The number of thiazole rings is 1. The second kappa shape index (κ2) is 9.52. The van der Waals surface area contributed by atoms with E-state index < -0.39 is 0 Å². The van der Waals surface area contributed by atoms with Crippen molar-refractivity contribution in [3.05, 3.63) is 76.6 Å². The number of piperazine rings is 1. The molecule has 150 valence electrons. The summed E-state index contributed by atoms with van der Waals surface area (Å²) in [4.78, 5) is 26.1. The van der Waals surface area contributed by atoms with Crippen molar-refractivity contribution < 1.29 is 4.79 Å². The summed E-state index contributed by atoms with van der Waals surface area (Å²) in [6.07, 6.45) is 3.66. The van der Waals surface area contributed by atoms with E-state index in [9.17, 15) is 4.79 Å². The highest BCUT2D eigenvalue weighted by Crippen LogP contribution is 2.28. The van der Waals surface area contributed by atoms with Gasteiger partial charge in [0.15, 0.2) is 0 Å². The maximum absolute atomic E-state index is 13.2. The van der Waals surface area contributed by atoms with Crippen LogP contribution in [0.4, 0.5) is 0 Å². The van der Waals surface area contributed by atoms with E-state index >= 15 is 0 Å². The molecule has 1 aliphatic heterocycles. The molecule has 29 heavy (non-hydrogen) atoms. The van der Waals surface area contributed by atoms with Crippen LogP contribution in [0.1, 0.15) is 27.2 Å². The molecule has 0 bridgehead atoms. The Balaban J connectivity index is 1.36. The van der Waals surface area contributed by atoms with Crippen LogP contribution >= 0.6 is 23.1 Å². The van der Waals surface area contributed by atoms with Gasteiger partial charge in [0.25, 0.3) is 5.91 Å². The average Bonchev–Trinajstić information content (AvgIpc) is 3.18. The Morgan fingerprint density at radius 3 is 2.59 bits per heavy atom. The van der Waals surface area contributed by atoms with Crippen molar-refractivity contribution in [2.45, 2.75) is 23.6 Å². The fourth-order valence-electron chi connectivity index (χ4n) is 3.42. The molecule has 1 fully saturated rings. The molecule has 0 radical (unpaired) electrons. The summed E-state index contributed by atoms with van der Waals surface area (Å²) in [5, 5.41) is 2.06. The van der Waals surface area contributed by atoms with Gasteiger partial charge < -0.3 is 4.90 Å². The number of amides is 1. The van der Waals surface area contributed by atoms with Crippen LogP contribution < -0.4 is 0 Å². The number of aryl methyl sites for hydroxylation is 1. The summed E-state index contributed by atoms with van der Waals surface area (Å²) in [5.74, 6) is 0.900. The summed E-state index contributed by atoms with van der Waals surface area (Å²) in [6, 6.07) is 12.1. The molecule has 1 aromatic carbocycles. The van der Waals surface area contributed by atoms with Gasteiger partial charge in [-0.25, -0.2) is 4.98 Å². The van der Waals surface area contributed by atoms with Gasteiger partial charge in [0, 0.05) is 67.5 Å². The van der Waals surface area contributed by atoms with Gasteiger partial charge in [0.1, 0.15) is 4.34 Å². The molecular weight excluding hydrogens is 400 g/mol. The number of nitrogens with zero attached hydrogens (tertiary/aromatic N) is 4. The van der Waals surface area contributed by atoms with Crippen molar-refractivity contribution >= 4 is 29.0 Å². The Kier molecular flexibility index (Phi) is 6.59. The molecule has 0 saturated carbocycles. The molecule has 0 spiro atoms. The molecule has 2 aromatic heterocycles. The first-order valence-electron chi connectivity index (χ1n) is 9.72. The number of thioether (sulfide) groups is 1. The number of aromatic nitrogens is 2. The number of benzene rings is 1. The van der Waals surface area contributed by atoms with Crippen LogP contribution in [0.5, 0.6) is 0 Å². The van der Waals surface area contributed by atoms with Crippen LogP contribution in [0, 0.1) is 6.92 Å². The van der Waals surface area contributed by atoms with E-state index in [4.69, 9.17) is 0 Å². The van der Waals surface area contributed by atoms with Crippen molar-refractivity contribution in [1.29, 1.82) is 0 Å². The van der Waals surface area contributed by atoms with Crippen LogP contribution in [0.2, 0.25) is 0 Å². The van der Waals surface area contributed by atoms with Gasteiger partial charge in [0.05, 0.1) is 0 Å². The minimum atomic E-state index is 0.139. The quantitative estimate of drug-likeness (QED) is 0.558. The fraction of sp³-hybridized carbons (Fsp3) is 0.318. The molecular formula is C22H24N4OS2. The number of carbonyl (C=O) groups excluding carboxylic acids is 1. The molecule has 0 aliphatic carbocycles. The van der Waals surface area contributed by atoms with E-state index in [2.05, 4.69) is 38.4 Å². The molecule has 7 heteroatoms. The maximum Gasteiger partial charge on any atom is 0.254 e. The van der Waals surface area contributed by atoms with Crippen LogP contribution in [-0.4, -0.2) is 51.9 Å². The van der Waals surface area contributed by atoms with Gasteiger partial charge in [-0.15, -0.1) is 11.3 Å². The second-order valence-corrected chi connectivity index (χ2v) is 9.20.